The summed E-state index contributed by atoms with van der Waals surface area (Å²) in [7, 11) is 3.14. The largest absolute Gasteiger partial charge is 0.496 e. The lowest BCUT2D eigenvalue weighted by Crippen LogP contribution is -2.23. The van der Waals surface area contributed by atoms with Gasteiger partial charge in [0.25, 0.3) is 0 Å². The molecule has 0 saturated carbocycles. The van der Waals surface area contributed by atoms with E-state index >= 15 is 0 Å². The number of rotatable bonds is 6. The van der Waals surface area contributed by atoms with Gasteiger partial charge in [-0.1, -0.05) is 36.4 Å². The molecule has 0 bridgehead atoms. The third kappa shape index (κ3) is 4.97. The number of carbonyl (C=O) groups is 1. The summed E-state index contributed by atoms with van der Waals surface area (Å²) in [5.74, 6) is 1.31. The van der Waals surface area contributed by atoms with Crippen molar-refractivity contribution in [1.82, 2.24) is 5.32 Å². The summed E-state index contributed by atoms with van der Waals surface area (Å²) in [6, 6.07) is 16.1. The van der Waals surface area contributed by atoms with Crippen LogP contribution in [-0.4, -0.2) is 26.6 Å². The van der Waals surface area contributed by atoms with Gasteiger partial charge in [0.05, 0.1) is 7.11 Å². The number of fused-ring (bicyclic) bond motifs is 1. The van der Waals surface area contributed by atoms with Crippen molar-refractivity contribution in [1.29, 1.82) is 0 Å². The van der Waals surface area contributed by atoms with Crippen molar-refractivity contribution >= 4 is 11.6 Å². The van der Waals surface area contributed by atoms with Crippen LogP contribution in [0, 0.1) is 0 Å². The molecule has 0 fully saturated rings. The van der Waals surface area contributed by atoms with Crippen molar-refractivity contribution in [2.24, 2.45) is 5.73 Å². The van der Waals surface area contributed by atoms with E-state index in [0.717, 1.165) is 24.3 Å². The Morgan fingerprint density at radius 3 is 2.72 bits per heavy atom. The van der Waals surface area contributed by atoms with E-state index in [1.807, 2.05) is 30.3 Å². The maximum atomic E-state index is 12.1. The summed E-state index contributed by atoms with van der Waals surface area (Å²) in [5.41, 5.74) is 8.02. The minimum Gasteiger partial charge on any atom is -0.496 e. The van der Waals surface area contributed by atoms with Gasteiger partial charge in [-0.2, -0.15) is 0 Å². The molecule has 1 heterocycles. The topological polar surface area (TPSA) is 76.4 Å². The third-order valence-corrected chi connectivity index (χ3v) is 4.33. The molecular formula is C20H27N3O2. The Morgan fingerprint density at radius 2 is 1.92 bits per heavy atom. The van der Waals surface area contributed by atoms with Gasteiger partial charge in [0, 0.05) is 36.7 Å². The van der Waals surface area contributed by atoms with E-state index in [-0.39, 0.29) is 5.91 Å². The van der Waals surface area contributed by atoms with E-state index in [1.54, 1.807) is 7.11 Å². The van der Waals surface area contributed by atoms with Gasteiger partial charge in [-0.15, -0.1) is 0 Å². The number of nitrogens with two attached hydrogens (primary N) is 1. The number of anilines is 1. The highest BCUT2D eigenvalue weighted by molar-refractivity contribution is 5.76. The first-order valence-corrected chi connectivity index (χ1v) is 8.57. The van der Waals surface area contributed by atoms with Crippen LogP contribution in [-0.2, 0) is 11.3 Å². The van der Waals surface area contributed by atoms with Crippen LogP contribution in [0.3, 0.4) is 0 Å². The molecule has 5 heteroatoms. The Labute approximate surface area is 149 Å². The smallest absolute Gasteiger partial charge is 0.220 e. The number of carbonyl (C=O) groups excluding carboxylic acids is 1. The van der Waals surface area contributed by atoms with Gasteiger partial charge >= 0.3 is 0 Å². The molecule has 4 N–H and O–H groups in total. The van der Waals surface area contributed by atoms with Gasteiger partial charge in [-0.25, -0.2) is 0 Å². The van der Waals surface area contributed by atoms with E-state index in [4.69, 9.17) is 4.74 Å². The molecule has 2 aromatic carbocycles. The molecule has 1 atom stereocenters. The minimum atomic E-state index is 0.0836. The predicted molar refractivity (Wildman–Crippen MR) is 102 cm³/mol. The molecule has 134 valence electrons. The molecule has 25 heavy (non-hydrogen) atoms. The first-order chi connectivity index (χ1) is 12.3. The Hall–Kier alpha value is -2.53. The summed E-state index contributed by atoms with van der Waals surface area (Å²) in [6.07, 6.45) is 1.40. The second kappa shape index (κ2) is 9.69. The van der Waals surface area contributed by atoms with Gasteiger partial charge in [0.15, 0.2) is 0 Å². The Kier molecular flexibility index (Phi) is 7.29. The molecule has 3 rings (SSSR count). The van der Waals surface area contributed by atoms with E-state index in [2.05, 4.69) is 34.6 Å². The van der Waals surface area contributed by atoms with Crippen molar-refractivity contribution in [3.63, 3.8) is 0 Å². The fourth-order valence-corrected chi connectivity index (χ4v) is 3.05. The summed E-state index contributed by atoms with van der Waals surface area (Å²) in [6.45, 7) is 1.42. The van der Waals surface area contributed by atoms with E-state index in [1.165, 1.54) is 18.3 Å². The Balaban J connectivity index is 0.00000109. The lowest BCUT2D eigenvalue weighted by atomic mass is 9.96. The van der Waals surface area contributed by atoms with Gasteiger partial charge in [0.2, 0.25) is 5.91 Å². The highest BCUT2D eigenvalue weighted by atomic mass is 16.5. The highest BCUT2D eigenvalue weighted by Crippen LogP contribution is 2.33. The molecule has 0 aromatic heterocycles. The molecule has 0 spiro atoms. The zero-order valence-electron chi connectivity index (χ0n) is 14.9. The van der Waals surface area contributed by atoms with Crippen LogP contribution in [0.4, 0.5) is 5.69 Å². The fourth-order valence-electron chi connectivity index (χ4n) is 3.05. The molecule has 0 aliphatic carbocycles. The standard InChI is InChI=1S/C19H22N2O2.CH5N/c1-23-18-9-5-2-6-15(18)13-21-19(22)11-10-14-12-20-17-8-4-3-7-16(14)17;1-2/h2-9,14,20H,10-13H2,1H3,(H,21,22);2H2,1H3. The zero-order valence-corrected chi connectivity index (χ0v) is 14.9. The summed E-state index contributed by atoms with van der Waals surface area (Å²) < 4.78 is 5.30. The monoisotopic (exact) mass is 341 g/mol. The van der Waals surface area contributed by atoms with Crippen molar-refractivity contribution < 1.29 is 9.53 Å². The SMILES string of the molecule is CN.COc1ccccc1CNC(=O)CCC1CNc2ccccc21. The lowest BCUT2D eigenvalue weighted by molar-refractivity contribution is -0.121. The average Bonchev–Trinajstić information content (AvgIpc) is 3.09. The molecule has 1 unspecified atom stereocenters. The van der Waals surface area contributed by atoms with Crippen molar-refractivity contribution in [3.8, 4) is 5.75 Å². The molecule has 1 aliphatic heterocycles. The fraction of sp³-hybridized carbons (Fsp3) is 0.350. The first kappa shape index (κ1) is 18.8. The molecule has 1 aliphatic rings. The maximum Gasteiger partial charge on any atom is 0.220 e. The summed E-state index contributed by atoms with van der Waals surface area (Å²) in [5, 5.41) is 6.38. The van der Waals surface area contributed by atoms with Crippen LogP contribution >= 0.6 is 0 Å². The van der Waals surface area contributed by atoms with Crippen LogP contribution in [0.25, 0.3) is 0 Å². The van der Waals surface area contributed by atoms with Crippen LogP contribution in [0.15, 0.2) is 48.5 Å². The third-order valence-electron chi connectivity index (χ3n) is 4.33. The minimum absolute atomic E-state index is 0.0836. The van der Waals surface area contributed by atoms with Crippen molar-refractivity contribution in [2.75, 3.05) is 26.0 Å². The molecule has 1 amide bonds. The van der Waals surface area contributed by atoms with Gasteiger partial charge in [-0.3, -0.25) is 4.79 Å². The first-order valence-electron chi connectivity index (χ1n) is 8.57. The molecule has 2 aromatic rings. The van der Waals surface area contributed by atoms with Crippen LogP contribution in [0.2, 0.25) is 0 Å². The lowest BCUT2D eigenvalue weighted by Gasteiger charge is -2.12. The van der Waals surface area contributed by atoms with E-state index in [9.17, 15) is 4.79 Å². The van der Waals surface area contributed by atoms with Crippen molar-refractivity contribution in [3.05, 3.63) is 59.7 Å². The Bertz CT molecular complexity index is 688. The number of methoxy groups -OCH3 is 1. The van der Waals surface area contributed by atoms with E-state index < -0.39 is 0 Å². The summed E-state index contributed by atoms with van der Waals surface area (Å²) >= 11 is 0. The number of amides is 1. The second-order valence-electron chi connectivity index (χ2n) is 5.79. The molecule has 0 radical (unpaired) electrons. The van der Waals surface area contributed by atoms with Crippen LogP contribution in [0.5, 0.6) is 5.75 Å². The molecule has 0 saturated heterocycles. The zero-order chi connectivity index (χ0) is 18.1. The maximum absolute atomic E-state index is 12.1. The van der Waals surface area contributed by atoms with Crippen LogP contribution < -0.4 is 21.1 Å². The van der Waals surface area contributed by atoms with Gasteiger partial charge in [-0.05, 0) is 31.2 Å². The Morgan fingerprint density at radius 1 is 1.20 bits per heavy atom. The van der Waals surface area contributed by atoms with Crippen LogP contribution in [0.1, 0.15) is 29.9 Å². The second-order valence-corrected chi connectivity index (χ2v) is 5.79. The number of ether oxygens (including phenoxy) is 1. The normalized spacial score (nSPS) is 14.6. The highest BCUT2D eigenvalue weighted by Gasteiger charge is 2.21. The average molecular weight is 341 g/mol. The summed E-state index contributed by atoms with van der Waals surface area (Å²) in [4.78, 5) is 12.1. The van der Waals surface area contributed by atoms with E-state index in [0.29, 0.717) is 18.9 Å². The molecular weight excluding hydrogens is 314 g/mol. The number of hydrogen-bond acceptors (Lipinski definition) is 4. The van der Waals surface area contributed by atoms with Gasteiger partial charge < -0.3 is 21.1 Å². The number of hydrogen-bond donors (Lipinski definition) is 3. The number of para-hydroxylation sites is 2. The molecule has 5 nitrogen and oxygen atoms in total. The van der Waals surface area contributed by atoms with Crippen molar-refractivity contribution in [2.45, 2.75) is 25.3 Å². The quantitative estimate of drug-likeness (QED) is 0.755. The number of benzene rings is 2. The van der Waals surface area contributed by atoms with Gasteiger partial charge in [0.1, 0.15) is 5.75 Å². The predicted octanol–water partition coefficient (Wildman–Crippen LogP) is 2.88. The number of nitrogens with one attached hydrogen (secondary N) is 2.